The maximum Gasteiger partial charge on any atom is 0.233 e. The largest absolute Gasteiger partial charge is 0.354 e. The summed E-state index contributed by atoms with van der Waals surface area (Å²) in [4.78, 5) is 24.8. The Hall–Kier alpha value is -0.910. The van der Waals surface area contributed by atoms with E-state index in [-0.39, 0.29) is 23.0 Å². The van der Waals surface area contributed by atoms with Gasteiger partial charge in [-0.05, 0) is 38.0 Å². The topological polar surface area (TPSA) is 58.2 Å². The predicted molar refractivity (Wildman–Crippen MR) is 99.8 cm³/mol. The van der Waals surface area contributed by atoms with Gasteiger partial charge in [-0.1, -0.05) is 36.0 Å². The average molecular weight is 389 g/mol. The van der Waals surface area contributed by atoms with Crippen molar-refractivity contribution in [1.82, 2.24) is 10.6 Å². The molecule has 0 radical (unpaired) electrons. The van der Waals surface area contributed by atoms with Gasteiger partial charge in [-0.3, -0.25) is 9.59 Å². The molecule has 0 heterocycles. The highest BCUT2D eigenvalue weighted by molar-refractivity contribution is 8.00. The molecular weight excluding hydrogens is 367 g/mol. The van der Waals surface area contributed by atoms with Crippen molar-refractivity contribution in [1.29, 1.82) is 0 Å². The number of carbonyl (C=O) groups excluding carboxylic acids is 2. The Morgan fingerprint density at radius 2 is 1.88 bits per heavy atom. The monoisotopic (exact) mass is 388 g/mol. The first-order valence-corrected chi connectivity index (χ1v) is 9.78. The summed E-state index contributed by atoms with van der Waals surface area (Å²) >= 11 is 13.4. The van der Waals surface area contributed by atoms with Crippen LogP contribution in [-0.4, -0.2) is 30.2 Å². The molecule has 1 unspecified atom stereocenters. The second kappa shape index (κ2) is 9.54. The Bertz CT molecular complexity index is 592. The van der Waals surface area contributed by atoms with Gasteiger partial charge in [-0.15, -0.1) is 11.8 Å². The molecule has 1 saturated carbocycles. The number of thioether (sulfide) groups is 1. The van der Waals surface area contributed by atoms with Crippen molar-refractivity contribution < 1.29 is 9.59 Å². The van der Waals surface area contributed by atoms with Crippen molar-refractivity contribution in [2.45, 2.75) is 42.8 Å². The quantitative estimate of drug-likeness (QED) is 0.549. The molecule has 7 heteroatoms. The van der Waals surface area contributed by atoms with Crippen molar-refractivity contribution in [2.75, 3.05) is 13.1 Å². The lowest BCUT2D eigenvalue weighted by Gasteiger charge is -2.14. The molecule has 132 valence electrons. The van der Waals surface area contributed by atoms with Gasteiger partial charge in [0, 0.05) is 28.9 Å². The van der Waals surface area contributed by atoms with Crippen LogP contribution in [0.25, 0.3) is 0 Å². The van der Waals surface area contributed by atoms with Gasteiger partial charge in [0.2, 0.25) is 11.8 Å². The van der Waals surface area contributed by atoms with E-state index in [4.69, 9.17) is 23.2 Å². The molecule has 4 nitrogen and oxygen atoms in total. The van der Waals surface area contributed by atoms with E-state index in [0.29, 0.717) is 23.1 Å². The minimum atomic E-state index is -0.300. The molecule has 0 aromatic heterocycles. The first-order chi connectivity index (χ1) is 11.5. The SMILES string of the molecule is CC(Sc1cc(Cl)ccc1Cl)C(=O)NCCNC(=O)C1CCCC1. The first kappa shape index (κ1) is 19.4. The number of carbonyl (C=O) groups is 2. The molecule has 1 aromatic carbocycles. The molecule has 2 N–H and O–H groups in total. The molecule has 2 amide bonds. The summed E-state index contributed by atoms with van der Waals surface area (Å²) < 4.78 is 0. The molecule has 1 atom stereocenters. The van der Waals surface area contributed by atoms with E-state index < -0.39 is 0 Å². The van der Waals surface area contributed by atoms with Crippen molar-refractivity contribution in [3.63, 3.8) is 0 Å². The summed E-state index contributed by atoms with van der Waals surface area (Å²) in [6, 6.07) is 5.18. The van der Waals surface area contributed by atoms with Gasteiger partial charge in [0.15, 0.2) is 0 Å². The summed E-state index contributed by atoms with van der Waals surface area (Å²) in [6.45, 7) is 2.69. The number of nitrogens with one attached hydrogen (secondary N) is 2. The third-order valence-corrected chi connectivity index (χ3v) is 5.85. The fourth-order valence-electron chi connectivity index (χ4n) is 2.66. The van der Waals surface area contributed by atoms with Gasteiger partial charge in [0.1, 0.15) is 0 Å². The van der Waals surface area contributed by atoms with E-state index in [9.17, 15) is 9.59 Å². The zero-order valence-electron chi connectivity index (χ0n) is 13.6. The highest BCUT2D eigenvalue weighted by Gasteiger charge is 2.22. The number of rotatable bonds is 7. The van der Waals surface area contributed by atoms with Crippen LogP contribution in [0.2, 0.25) is 10.0 Å². The molecular formula is C17H22Cl2N2O2S. The van der Waals surface area contributed by atoms with Gasteiger partial charge < -0.3 is 10.6 Å². The van der Waals surface area contributed by atoms with E-state index in [1.54, 1.807) is 18.2 Å². The van der Waals surface area contributed by atoms with Crippen LogP contribution in [0, 0.1) is 5.92 Å². The highest BCUT2D eigenvalue weighted by atomic mass is 35.5. The van der Waals surface area contributed by atoms with Gasteiger partial charge >= 0.3 is 0 Å². The van der Waals surface area contributed by atoms with Crippen LogP contribution in [-0.2, 0) is 9.59 Å². The number of hydrogen-bond acceptors (Lipinski definition) is 3. The van der Waals surface area contributed by atoms with Crippen LogP contribution >= 0.6 is 35.0 Å². The number of benzene rings is 1. The maximum atomic E-state index is 12.1. The molecule has 1 fully saturated rings. The summed E-state index contributed by atoms with van der Waals surface area (Å²) in [7, 11) is 0. The fourth-order valence-corrected chi connectivity index (χ4v) is 4.09. The van der Waals surface area contributed by atoms with Gasteiger partial charge in [0.25, 0.3) is 0 Å². The third kappa shape index (κ3) is 5.87. The van der Waals surface area contributed by atoms with Crippen LogP contribution in [0.5, 0.6) is 0 Å². The lowest BCUT2D eigenvalue weighted by molar-refractivity contribution is -0.125. The lowest BCUT2D eigenvalue weighted by Crippen LogP contribution is -2.39. The van der Waals surface area contributed by atoms with E-state index >= 15 is 0 Å². The Morgan fingerprint density at radius 3 is 2.58 bits per heavy atom. The summed E-state index contributed by atoms with van der Waals surface area (Å²) in [5, 5.41) is 6.58. The van der Waals surface area contributed by atoms with Crippen LogP contribution in [0.15, 0.2) is 23.1 Å². The normalized spacial score (nSPS) is 16.0. The summed E-state index contributed by atoms with van der Waals surface area (Å²) in [5.74, 6) is 0.168. The number of hydrogen-bond donors (Lipinski definition) is 2. The van der Waals surface area contributed by atoms with E-state index in [0.717, 1.165) is 30.6 Å². The first-order valence-electron chi connectivity index (χ1n) is 8.14. The van der Waals surface area contributed by atoms with E-state index in [1.807, 2.05) is 6.92 Å². The molecule has 1 aliphatic rings. The molecule has 0 spiro atoms. The van der Waals surface area contributed by atoms with Crippen molar-refractivity contribution in [3.8, 4) is 0 Å². The lowest BCUT2D eigenvalue weighted by atomic mass is 10.1. The standard InChI is InChI=1S/C17H22Cl2N2O2S/c1-11(24-15-10-13(18)6-7-14(15)19)16(22)20-8-9-21-17(23)12-4-2-3-5-12/h6-7,10-12H,2-5,8-9H2,1H3,(H,20,22)(H,21,23). The van der Waals surface area contributed by atoms with Crippen LogP contribution in [0.1, 0.15) is 32.6 Å². The predicted octanol–water partition coefficient (Wildman–Crippen LogP) is 3.90. The molecule has 1 aliphatic carbocycles. The van der Waals surface area contributed by atoms with Crippen molar-refractivity contribution in [3.05, 3.63) is 28.2 Å². The highest BCUT2D eigenvalue weighted by Crippen LogP contribution is 2.32. The Balaban J connectivity index is 1.69. The molecule has 2 rings (SSSR count). The molecule has 24 heavy (non-hydrogen) atoms. The molecule has 0 aliphatic heterocycles. The van der Waals surface area contributed by atoms with Crippen LogP contribution in [0.4, 0.5) is 0 Å². The van der Waals surface area contributed by atoms with Crippen molar-refractivity contribution in [2.24, 2.45) is 5.92 Å². The third-order valence-electron chi connectivity index (χ3n) is 4.02. The average Bonchev–Trinajstić information content (AvgIpc) is 3.09. The fraction of sp³-hybridized carbons (Fsp3) is 0.529. The Labute approximate surface area is 157 Å². The number of amides is 2. The molecule has 0 saturated heterocycles. The molecule has 1 aromatic rings. The van der Waals surface area contributed by atoms with Gasteiger partial charge in [0.05, 0.1) is 10.3 Å². The molecule has 0 bridgehead atoms. The van der Waals surface area contributed by atoms with Gasteiger partial charge in [-0.25, -0.2) is 0 Å². The number of halogens is 2. The van der Waals surface area contributed by atoms with Gasteiger partial charge in [-0.2, -0.15) is 0 Å². The minimum Gasteiger partial charge on any atom is -0.354 e. The summed E-state index contributed by atoms with van der Waals surface area (Å²) in [5.41, 5.74) is 0. The zero-order chi connectivity index (χ0) is 17.5. The van der Waals surface area contributed by atoms with Crippen LogP contribution < -0.4 is 10.6 Å². The van der Waals surface area contributed by atoms with Crippen molar-refractivity contribution >= 4 is 46.8 Å². The van der Waals surface area contributed by atoms with Crippen LogP contribution in [0.3, 0.4) is 0 Å². The van der Waals surface area contributed by atoms with E-state index in [1.165, 1.54) is 11.8 Å². The Morgan fingerprint density at radius 1 is 1.21 bits per heavy atom. The Kier molecular flexibility index (Phi) is 7.72. The second-order valence-electron chi connectivity index (χ2n) is 5.90. The van der Waals surface area contributed by atoms with E-state index in [2.05, 4.69) is 10.6 Å². The smallest absolute Gasteiger partial charge is 0.233 e. The minimum absolute atomic E-state index is 0.0915. The maximum absolute atomic E-state index is 12.1. The second-order valence-corrected chi connectivity index (χ2v) is 8.12. The summed E-state index contributed by atoms with van der Waals surface area (Å²) in [6.07, 6.45) is 4.23. The zero-order valence-corrected chi connectivity index (χ0v) is 15.9.